The van der Waals surface area contributed by atoms with Crippen LogP contribution in [0.3, 0.4) is 0 Å². The zero-order valence-corrected chi connectivity index (χ0v) is 17.4. The van der Waals surface area contributed by atoms with Crippen LogP contribution in [-0.2, 0) is 6.61 Å². The molecule has 1 atom stereocenters. The number of benzene rings is 2. The van der Waals surface area contributed by atoms with Crippen molar-refractivity contribution in [2.75, 3.05) is 26.2 Å². The molecule has 2 aromatic carbocycles. The van der Waals surface area contributed by atoms with Crippen molar-refractivity contribution in [2.24, 2.45) is 0 Å². The van der Waals surface area contributed by atoms with Crippen LogP contribution in [0.15, 0.2) is 48.5 Å². The topological polar surface area (TPSA) is 32.8 Å². The number of likely N-dealkylation sites (tertiary alicyclic amines) is 2. The van der Waals surface area contributed by atoms with E-state index in [1.54, 1.807) is 12.1 Å². The Labute approximate surface area is 178 Å². The molecule has 2 fully saturated rings. The Morgan fingerprint density at radius 1 is 0.966 bits per heavy atom. The van der Waals surface area contributed by atoms with Crippen LogP contribution in [0.2, 0.25) is 0 Å². The first-order chi connectivity index (χ1) is 13.7. The van der Waals surface area contributed by atoms with Crippen LogP contribution in [0.1, 0.15) is 41.6 Å². The predicted molar refractivity (Wildman–Crippen MR) is 114 cm³/mol. The van der Waals surface area contributed by atoms with Crippen molar-refractivity contribution < 1.29 is 13.9 Å². The molecule has 0 aromatic heterocycles. The minimum absolute atomic E-state index is 0. The molecule has 2 aliphatic heterocycles. The number of hydrogen-bond donors (Lipinski definition) is 0. The molecule has 2 saturated heterocycles. The van der Waals surface area contributed by atoms with Crippen molar-refractivity contribution in [2.45, 2.75) is 38.3 Å². The van der Waals surface area contributed by atoms with Gasteiger partial charge in [0, 0.05) is 24.7 Å². The predicted octanol–water partition coefficient (Wildman–Crippen LogP) is 4.53. The van der Waals surface area contributed by atoms with Crippen molar-refractivity contribution in [3.8, 4) is 5.75 Å². The molecule has 0 radical (unpaired) electrons. The van der Waals surface area contributed by atoms with Gasteiger partial charge in [0.05, 0.1) is 0 Å². The molecule has 0 spiro atoms. The van der Waals surface area contributed by atoms with E-state index in [1.807, 2.05) is 29.2 Å². The van der Waals surface area contributed by atoms with E-state index >= 15 is 0 Å². The van der Waals surface area contributed by atoms with Crippen LogP contribution in [0.5, 0.6) is 5.75 Å². The third-order valence-corrected chi connectivity index (χ3v) is 5.73. The van der Waals surface area contributed by atoms with E-state index in [9.17, 15) is 9.18 Å². The molecule has 29 heavy (non-hydrogen) atoms. The zero-order valence-electron chi connectivity index (χ0n) is 16.6. The Morgan fingerprint density at radius 2 is 1.66 bits per heavy atom. The van der Waals surface area contributed by atoms with Gasteiger partial charge in [-0.2, -0.15) is 0 Å². The van der Waals surface area contributed by atoms with Crippen molar-refractivity contribution in [1.82, 2.24) is 9.80 Å². The average Bonchev–Trinajstić information content (AvgIpc) is 3.40. The Morgan fingerprint density at radius 3 is 2.34 bits per heavy atom. The van der Waals surface area contributed by atoms with E-state index in [-0.39, 0.29) is 24.1 Å². The fourth-order valence-corrected chi connectivity index (χ4v) is 4.16. The molecule has 0 bridgehead atoms. The number of nitrogens with zero attached hydrogens (tertiary/aromatic N) is 2. The molecule has 2 heterocycles. The Bertz CT molecular complexity index is 792. The van der Waals surface area contributed by atoms with E-state index in [1.165, 1.54) is 38.1 Å². The Balaban J connectivity index is 0.00000240. The van der Waals surface area contributed by atoms with Crippen LogP contribution in [-0.4, -0.2) is 47.9 Å². The second-order valence-corrected chi connectivity index (χ2v) is 7.74. The SMILES string of the molecule is Cl.O=C(c1ccc(OCc2ccc(F)cc2)cc1)N1CCCC1CN1CCCC1. The zero-order chi connectivity index (χ0) is 19.3. The van der Waals surface area contributed by atoms with Crippen molar-refractivity contribution in [3.63, 3.8) is 0 Å². The normalized spacial score (nSPS) is 19.2. The molecule has 156 valence electrons. The Hall–Kier alpha value is -2.11. The first-order valence-electron chi connectivity index (χ1n) is 10.2. The molecule has 6 heteroatoms. The number of carbonyl (C=O) groups excluding carboxylic acids is 1. The first kappa shape index (κ1) is 21.6. The van der Waals surface area contributed by atoms with Gasteiger partial charge in [-0.3, -0.25) is 4.79 Å². The van der Waals surface area contributed by atoms with Crippen molar-refractivity contribution >= 4 is 18.3 Å². The summed E-state index contributed by atoms with van der Waals surface area (Å²) in [5, 5.41) is 0. The van der Waals surface area contributed by atoms with Gasteiger partial charge >= 0.3 is 0 Å². The Kier molecular flexibility index (Phi) is 7.51. The summed E-state index contributed by atoms with van der Waals surface area (Å²) in [5.41, 5.74) is 1.62. The minimum Gasteiger partial charge on any atom is -0.489 e. The fourth-order valence-electron chi connectivity index (χ4n) is 4.16. The minimum atomic E-state index is -0.253. The lowest BCUT2D eigenvalue weighted by atomic mass is 10.1. The van der Waals surface area contributed by atoms with Gasteiger partial charge < -0.3 is 14.5 Å². The summed E-state index contributed by atoms with van der Waals surface area (Å²) in [5.74, 6) is 0.569. The van der Waals surface area contributed by atoms with Gasteiger partial charge in [-0.1, -0.05) is 12.1 Å². The van der Waals surface area contributed by atoms with E-state index in [4.69, 9.17) is 4.74 Å². The van der Waals surface area contributed by atoms with Gasteiger partial charge in [-0.05, 0) is 80.7 Å². The molecule has 4 rings (SSSR count). The van der Waals surface area contributed by atoms with E-state index in [0.717, 1.165) is 31.5 Å². The fraction of sp³-hybridized carbons (Fsp3) is 0.435. The summed E-state index contributed by atoms with van der Waals surface area (Å²) < 4.78 is 18.7. The number of amides is 1. The summed E-state index contributed by atoms with van der Waals surface area (Å²) >= 11 is 0. The summed E-state index contributed by atoms with van der Waals surface area (Å²) in [6, 6.07) is 14.0. The van der Waals surface area contributed by atoms with Gasteiger partial charge in [-0.15, -0.1) is 12.4 Å². The maximum absolute atomic E-state index is 13.0. The summed E-state index contributed by atoms with van der Waals surface area (Å²) in [4.78, 5) is 17.5. The molecule has 1 amide bonds. The average molecular weight is 419 g/mol. The molecular formula is C23H28ClFN2O2. The largest absolute Gasteiger partial charge is 0.489 e. The molecule has 4 nitrogen and oxygen atoms in total. The number of carbonyl (C=O) groups is 1. The van der Waals surface area contributed by atoms with Crippen molar-refractivity contribution in [3.05, 3.63) is 65.5 Å². The number of halogens is 2. The lowest BCUT2D eigenvalue weighted by Gasteiger charge is -2.28. The van der Waals surface area contributed by atoms with E-state index in [0.29, 0.717) is 24.0 Å². The third-order valence-electron chi connectivity index (χ3n) is 5.73. The van der Waals surface area contributed by atoms with Gasteiger partial charge in [-0.25, -0.2) is 4.39 Å². The standard InChI is InChI=1S/C23H27FN2O2.ClH/c24-20-9-5-18(6-10-20)17-28-22-11-7-19(8-12-22)23(27)26-15-3-4-21(26)16-25-13-1-2-14-25;/h5-12,21H,1-4,13-17H2;1H. The molecular weight excluding hydrogens is 391 g/mol. The smallest absolute Gasteiger partial charge is 0.254 e. The summed E-state index contributed by atoms with van der Waals surface area (Å²) in [6.07, 6.45) is 4.74. The highest BCUT2D eigenvalue weighted by atomic mass is 35.5. The monoisotopic (exact) mass is 418 g/mol. The first-order valence-corrected chi connectivity index (χ1v) is 10.2. The van der Waals surface area contributed by atoms with E-state index in [2.05, 4.69) is 4.90 Å². The maximum atomic E-state index is 13.0. The quantitative estimate of drug-likeness (QED) is 0.691. The highest BCUT2D eigenvalue weighted by molar-refractivity contribution is 5.94. The van der Waals surface area contributed by atoms with Crippen LogP contribution in [0, 0.1) is 5.82 Å². The third kappa shape index (κ3) is 5.49. The highest BCUT2D eigenvalue weighted by Gasteiger charge is 2.31. The molecule has 2 aliphatic rings. The highest BCUT2D eigenvalue weighted by Crippen LogP contribution is 2.23. The summed E-state index contributed by atoms with van der Waals surface area (Å²) in [7, 11) is 0. The number of hydrogen-bond acceptors (Lipinski definition) is 3. The van der Waals surface area contributed by atoms with Crippen LogP contribution in [0.4, 0.5) is 4.39 Å². The lowest BCUT2D eigenvalue weighted by molar-refractivity contribution is 0.0708. The van der Waals surface area contributed by atoms with Crippen molar-refractivity contribution in [1.29, 1.82) is 0 Å². The van der Waals surface area contributed by atoms with Gasteiger partial charge in [0.1, 0.15) is 18.2 Å². The maximum Gasteiger partial charge on any atom is 0.254 e. The molecule has 1 unspecified atom stereocenters. The van der Waals surface area contributed by atoms with Gasteiger partial charge in [0.25, 0.3) is 5.91 Å². The van der Waals surface area contributed by atoms with Gasteiger partial charge in [0.15, 0.2) is 0 Å². The second-order valence-electron chi connectivity index (χ2n) is 7.74. The second kappa shape index (κ2) is 10.1. The van der Waals surface area contributed by atoms with Crippen LogP contribution in [0.25, 0.3) is 0 Å². The van der Waals surface area contributed by atoms with Crippen LogP contribution < -0.4 is 4.74 Å². The number of ether oxygens (including phenoxy) is 1. The molecule has 0 N–H and O–H groups in total. The van der Waals surface area contributed by atoms with E-state index < -0.39 is 0 Å². The molecule has 0 aliphatic carbocycles. The molecule has 2 aromatic rings. The molecule has 0 saturated carbocycles. The van der Waals surface area contributed by atoms with Crippen LogP contribution >= 0.6 is 12.4 Å². The number of rotatable bonds is 6. The van der Waals surface area contributed by atoms with Gasteiger partial charge in [0.2, 0.25) is 0 Å². The lowest BCUT2D eigenvalue weighted by Crippen LogP contribution is -2.42. The summed E-state index contributed by atoms with van der Waals surface area (Å²) in [6.45, 7) is 4.56.